The molecule has 0 saturated heterocycles. The van der Waals surface area contributed by atoms with E-state index in [0.717, 1.165) is 13.1 Å². The molecule has 3 nitrogen and oxygen atoms in total. The molecule has 0 heterocycles. The van der Waals surface area contributed by atoms with Crippen LogP contribution < -0.4 is 0 Å². The summed E-state index contributed by atoms with van der Waals surface area (Å²) < 4.78 is 21.3. The quantitative estimate of drug-likeness (QED) is 0.642. The van der Waals surface area contributed by atoms with Gasteiger partial charge in [0, 0.05) is 16.7 Å². The third kappa shape index (κ3) is 4.84. The van der Waals surface area contributed by atoms with E-state index in [-0.39, 0.29) is 5.75 Å². The molecule has 1 fully saturated rings. The third-order valence-corrected chi connectivity index (χ3v) is 3.54. The first-order valence-electron chi connectivity index (χ1n) is 4.69. The average Bonchev–Trinajstić information content (AvgIpc) is 2.78. The van der Waals surface area contributed by atoms with Crippen LogP contribution in [0.3, 0.4) is 0 Å². The van der Waals surface area contributed by atoms with Crippen LogP contribution in [0.2, 0.25) is 0 Å². The predicted molar refractivity (Wildman–Crippen MR) is 54.5 cm³/mol. The van der Waals surface area contributed by atoms with E-state index in [4.69, 9.17) is 10.7 Å². The molecule has 1 aliphatic carbocycles. The van der Waals surface area contributed by atoms with Crippen molar-refractivity contribution in [2.45, 2.75) is 32.2 Å². The minimum atomic E-state index is -3.29. The van der Waals surface area contributed by atoms with Crippen molar-refractivity contribution in [3.8, 4) is 0 Å². The summed E-state index contributed by atoms with van der Waals surface area (Å²) in [6.45, 7) is 3.97. The van der Waals surface area contributed by atoms with E-state index >= 15 is 0 Å². The lowest BCUT2D eigenvalue weighted by Crippen LogP contribution is -2.27. The summed E-state index contributed by atoms with van der Waals surface area (Å²) in [5, 5.41) is 0. The second kappa shape index (κ2) is 4.62. The maximum absolute atomic E-state index is 10.6. The Morgan fingerprint density at radius 2 is 2.08 bits per heavy atom. The van der Waals surface area contributed by atoms with Gasteiger partial charge in [-0.05, 0) is 32.4 Å². The van der Waals surface area contributed by atoms with E-state index in [0.29, 0.717) is 12.5 Å². The Balaban J connectivity index is 2.16. The summed E-state index contributed by atoms with van der Waals surface area (Å²) in [5.41, 5.74) is 0. The maximum Gasteiger partial charge on any atom is 0.232 e. The average molecular weight is 226 g/mol. The molecule has 0 aromatic carbocycles. The Morgan fingerprint density at radius 1 is 1.46 bits per heavy atom. The summed E-state index contributed by atoms with van der Waals surface area (Å²) in [6, 6.07) is 0.711. The van der Waals surface area contributed by atoms with E-state index < -0.39 is 9.05 Å². The number of rotatable bonds is 6. The fourth-order valence-electron chi connectivity index (χ4n) is 1.48. The van der Waals surface area contributed by atoms with Crippen LogP contribution in [0.25, 0.3) is 0 Å². The van der Waals surface area contributed by atoms with Crippen LogP contribution in [0.15, 0.2) is 0 Å². The summed E-state index contributed by atoms with van der Waals surface area (Å²) in [5.74, 6) is 0.0950. The molecule has 1 rings (SSSR count). The zero-order chi connectivity index (χ0) is 9.90. The fraction of sp³-hybridized carbons (Fsp3) is 1.00. The SMILES string of the molecule is CCN(CCCS(=O)(=O)Cl)C1CC1. The lowest BCUT2D eigenvalue weighted by atomic mass is 10.4. The molecule has 0 radical (unpaired) electrons. The van der Waals surface area contributed by atoms with Gasteiger partial charge < -0.3 is 4.90 Å². The van der Waals surface area contributed by atoms with Gasteiger partial charge in [-0.2, -0.15) is 0 Å². The van der Waals surface area contributed by atoms with Crippen molar-refractivity contribution < 1.29 is 8.42 Å². The Morgan fingerprint density at radius 3 is 2.46 bits per heavy atom. The van der Waals surface area contributed by atoms with Gasteiger partial charge in [-0.15, -0.1) is 0 Å². The molecule has 0 bridgehead atoms. The standard InChI is InChI=1S/C8H16ClNO2S/c1-2-10(8-4-5-8)6-3-7-13(9,11)12/h8H,2-7H2,1H3. The molecule has 0 atom stereocenters. The first-order valence-corrected chi connectivity index (χ1v) is 7.17. The van der Waals surface area contributed by atoms with Gasteiger partial charge in [0.1, 0.15) is 0 Å². The van der Waals surface area contributed by atoms with Gasteiger partial charge in [0.15, 0.2) is 0 Å². The molecule has 1 saturated carbocycles. The normalized spacial score (nSPS) is 18.1. The monoisotopic (exact) mass is 225 g/mol. The molecule has 0 aliphatic heterocycles. The van der Waals surface area contributed by atoms with Crippen molar-refractivity contribution in [2.75, 3.05) is 18.8 Å². The first-order chi connectivity index (χ1) is 6.03. The van der Waals surface area contributed by atoms with Crippen LogP contribution in [0.4, 0.5) is 0 Å². The lowest BCUT2D eigenvalue weighted by molar-refractivity contribution is 0.279. The van der Waals surface area contributed by atoms with Gasteiger partial charge >= 0.3 is 0 Å². The molecule has 0 amide bonds. The highest BCUT2D eigenvalue weighted by atomic mass is 35.7. The number of hydrogen-bond acceptors (Lipinski definition) is 3. The van der Waals surface area contributed by atoms with Crippen LogP contribution in [0, 0.1) is 0 Å². The smallest absolute Gasteiger partial charge is 0.232 e. The minimum absolute atomic E-state index is 0.0950. The van der Waals surface area contributed by atoms with E-state index in [2.05, 4.69) is 11.8 Å². The van der Waals surface area contributed by atoms with Crippen molar-refractivity contribution in [2.24, 2.45) is 0 Å². The number of hydrogen-bond donors (Lipinski definition) is 0. The Kier molecular flexibility index (Phi) is 4.01. The van der Waals surface area contributed by atoms with Crippen LogP contribution in [-0.4, -0.2) is 38.2 Å². The van der Waals surface area contributed by atoms with Crippen LogP contribution >= 0.6 is 10.7 Å². The maximum atomic E-state index is 10.6. The van der Waals surface area contributed by atoms with Gasteiger partial charge in [0.2, 0.25) is 9.05 Å². The molecule has 0 aromatic rings. The first kappa shape index (κ1) is 11.3. The van der Waals surface area contributed by atoms with Crippen LogP contribution in [0.1, 0.15) is 26.2 Å². The molecule has 0 aromatic heterocycles. The lowest BCUT2D eigenvalue weighted by Gasteiger charge is -2.18. The summed E-state index contributed by atoms with van der Waals surface area (Å²) in [7, 11) is 1.82. The molecule has 78 valence electrons. The van der Waals surface area contributed by atoms with Gasteiger partial charge in [0.05, 0.1) is 5.75 Å². The summed E-state index contributed by atoms with van der Waals surface area (Å²) in [4.78, 5) is 2.32. The molecule has 5 heteroatoms. The minimum Gasteiger partial charge on any atom is -0.301 e. The van der Waals surface area contributed by atoms with Crippen molar-refractivity contribution in [1.29, 1.82) is 0 Å². The molecular formula is C8H16ClNO2S. The third-order valence-electron chi connectivity index (χ3n) is 2.30. The zero-order valence-corrected chi connectivity index (χ0v) is 9.44. The van der Waals surface area contributed by atoms with Crippen molar-refractivity contribution >= 4 is 19.7 Å². The highest BCUT2D eigenvalue weighted by molar-refractivity contribution is 8.13. The number of halogens is 1. The highest BCUT2D eigenvalue weighted by Crippen LogP contribution is 2.26. The van der Waals surface area contributed by atoms with E-state index in [1.807, 2.05) is 0 Å². The topological polar surface area (TPSA) is 37.4 Å². The molecule has 1 aliphatic rings. The second-order valence-electron chi connectivity index (χ2n) is 3.46. The Hall–Kier alpha value is 0.200. The zero-order valence-electron chi connectivity index (χ0n) is 7.87. The van der Waals surface area contributed by atoms with E-state index in [1.165, 1.54) is 12.8 Å². The molecule has 13 heavy (non-hydrogen) atoms. The van der Waals surface area contributed by atoms with Gasteiger partial charge in [-0.25, -0.2) is 8.42 Å². The molecule has 0 N–H and O–H groups in total. The van der Waals surface area contributed by atoms with E-state index in [1.54, 1.807) is 0 Å². The second-order valence-corrected chi connectivity index (χ2v) is 6.35. The van der Waals surface area contributed by atoms with Gasteiger partial charge in [-0.1, -0.05) is 6.92 Å². The van der Waals surface area contributed by atoms with Crippen molar-refractivity contribution in [3.63, 3.8) is 0 Å². The van der Waals surface area contributed by atoms with Crippen molar-refractivity contribution in [1.82, 2.24) is 4.90 Å². The Labute approximate surface area is 84.5 Å². The largest absolute Gasteiger partial charge is 0.301 e. The van der Waals surface area contributed by atoms with Crippen molar-refractivity contribution in [3.05, 3.63) is 0 Å². The summed E-state index contributed by atoms with van der Waals surface area (Å²) >= 11 is 0. The Bertz CT molecular complexity index is 249. The molecule has 0 spiro atoms. The highest BCUT2D eigenvalue weighted by Gasteiger charge is 2.27. The van der Waals surface area contributed by atoms with Crippen LogP contribution in [0.5, 0.6) is 0 Å². The van der Waals surface area contributed by atoms with Gasteiger partial charge in [-0.3, -0.25) is 0 Å². The van der Waals surface area contributed by atoms with Gasteiger partial charge in [0.25, 0.3) is 0 Å². The fourth-order valence-corrected chi connectivity index (χ4v) is 2.28. The van der Waals surface area contributed by atoms with Crippen LogP contribution in [-0.2, 0) is 9.05 Å². The van der Waals surface area contributed by atoms with E-state index in [9.17, 15) is 8.42 Å². The molecular weight excluding hydrogens is 210 g/mol. The predicted octanol–water partition coefficient (Wildman–Crippen LogP) is 1.43. The summed E-state index contributed by atoms with van der Waals surface area (Å²) in [6.07, 6.45) is 3.18. The molecule has 0 unspecified atom stereocenters. The number of nitrogens with zero attached hydrogens (tertiary/aromatic N) is 1.